The molecule has 11 heteroatoms. The molecule has 1 atom stereocenters. The van der Waals surface area contributed by atoms with E-state index in [2.05, 4.69) is 15.0 Å². The number of hydrogen-bond acceptors (Lipinski definition) is 7. The number of amidine groups is 1. The van der Waals surface area contributed by atoms with Gasteiger partial charge >= 0.3 is 5.76 Å². The lowest BCUT2D eigenvalue weighted by Crippen LogP contribution is -2.30. The smallest absolute Gasteiger partial charge is 0.408 e. The molecule has 0 aliphatic carbocycles. The molecule has 0 saturated heterocycles. The number of carbonyl (C=O) groups excluding carboxylic acids is 1. The molecule has 3 aromatic rings. The first-order valence-corrected chi connectivity index (χ1v) is 13.0. The number of aliphatic imine (C=N–C) groups is 1. The summed E-state index contributed by atoms with van der Waals surface area (Å²) in [4.78, 5) is 32.1. The molecule has 0 bridgehead atoms. The van der Waals surface area contributed by atoms with Crippen LogP contribution in [0.3, 0.4) is 0 Å². The first-order valence-electron chi connectivity index (χ1n) is 11.5. The number of aromatic nitrogens is 1. The molecule has 1 aromatic heterocycles. The van der Waals surface area contributed by atoms with Crippen molar-refractivity contribution in [3.8, 4) is 0 Å². The van der Waals surface area contributed by atoms with Crippen LogP contribution in [0.15, 0.2) is 61.6 Å². The predicted octanol–water partition coefficient (Wildman–Crippen LogP) is 2.39. The minimum Gasteiger partial charge on any atom is -0.408 e. The number of unbranched alkanes of at least 4 members (excludes halogenated alkanes) is 1. The zero-order valence-corrected chi connectivity index (χ0v) is 20.8. The third-order valence-electron chi connectivity index (χ3n) is 5.79. The molecule has 2 aromatic carbocycles. The Morgan fingerprint density at radius 2 is 2.00 bits per heavy atom. The summed E-state index contributed by atoms with van der Waals surface area (Å²) < 4.78 is 34.2. The second-order valence-corrected chi connectivity index (χ2v) is 10.4. The van der Waals surface area contributed by atoms with Crippen molar-refractivity contribution in [3.05, 3.63) is 58.6 Å². The van der Waals surface area contributed by atoms with Crippen LogP contribution in [0.1, 0.15) is 31.7 Å². The van der Waals surface area contributed by atoms with E-state index in [9.17, 15) is 18.0 Å². The number of amides is 1. The zero-order chi connectivity index (χ0) is 25.2. The van der Waals surface area contributed by atoms with E-state index < -0.39 is 21.8 Å². The van der Waals surface area contributed by atoms with Crippen LogP contribution in [-0.2, 0) is 21.4 Å². The summed E-state index contributed by atoms with van der Waals surface area (Å²) >= 11 is 0. The van der Waals surface area contributed by atoms with Crippen LogP contribution in [0, 0.1) is 0 Å². The number of carbonyl (C=O) groups is 1. The monoisotopic (exact) mass is 499 g/mol. The fraction of sp³-hybridized carbons (Fsp3) is 0.375. The van der Waals surface area contributed by atoms with E-state index in [-0.39, 0.29) is 16.6 Å². The van der Waals surface area contributed by atoms with Gasteiger partial charge in [0.15, 0.2) is 5.58 Å². The maximum absolute atomic E-state index is 13.2. The van der Waals surface area contributed by atoms with Crippen LogP contribution in [0.5, 0.6) is 0 Å². The van der Waals surface area contributed by atoms with Crippen molar-refractivity contribution < 1.29 is 17.6 Å². The number of sulfonamides is 1. The molecule has 4 rings (SSSR count). The van der Waals surface area contributed by atoms with Crippen molar-refractivity contribution in [1.29, 1.82) is 0 Å². The molecule has 0 radical (unpaired) electrons. The highest BCUT2D eigenvalue weighted by atomic mass is 32.2. The number of hydrogen-bond donors (Lipinski definition) is 2. The van der Waals surface area contributed by atoms with Crippen molar-refractivity contribution in [2.24, 2.45) is 4.99 Å². The number of rotatable bonds is 9. The van der Waals surface area contributed by atoms with E-state index in [4.69, 9.17) is 4.42 Å². The van der Waals surface area contributed by atoms with Crippen molar-refractivity contribution in [3.63, 3.8) is 0 Å². The van der Waals surface area contributed by atoms with Crippen LogP contribution in [0.2, 0.25) is 0 Å². The van der Waals surface area contributed by atoms with E-state index in [1.54, 1.807) is 36.4 Å². The Kier molecular flexibility index (Phi) is 7.08. The number of nitrogens with zero attached hydrogens (tertiary/aromatic N) is 3. The van der Waals surface area contributed by atoms with Gasteiger partial charge in [-0.1, -0.05) is 31.9 Å². The van der Waals surface area contributed by atoms with E-state index in [1.807, 2.05) is 25.9 Å². The number of benzene rings is 2. The SMILES string of the molecule is CCCCC(N=C1NS(=O)(=O)c2ccccc21)C(=O)Nc1ccc2oc(=O)n(CCN(C)C)c2c1. The number of anilines is 1. The van der Waals surface area contributed by atoms with Crippen LogP contribution in [-0.4, -0.2) is 56.3 Å². The molecular weight excluding hydrogens is 470 g/mol. The van der Waals surface area contributed by atoms with E-state index in [0.717, 1.165) is 12.8 Å². The zero-order valence-electron chi connectivity index (χ0n) is 19.9. The van der Waals surface area contributed by atoms with Crippen molar-refractivity contribution in [2.45, 2.75) is 43.7 Å². The molecule has 186 valence electrons. The summed E-state index contributed by atoms with van der Waals surface area (Å²) in [6.45, 7) is 3.11. The fourth-order valence-electron chi connectivity index (χ4n) is 3.91. The van der Waals surface area contributed by atoms with Crippen LogP contribution < -0.4 is 15.8 Å². The molecule has 2 heterocycles. The predicted molar refractivity (Wildman–Crippen MR) is 134 cm³/mol. The number of nitrogens with one attached hydrogen (secondary N) is 2. The highest BCUT2D eigenvalue weighted by molar-refractivity contribution is 7.90. The van der Waals surface area contributed by atoms with Gasteiger partial charge in [-0.3, -0.25) is 19.1 Å². The van der Waals surface area contributed by atoms with E-state index in [1.165, 1.54) is 10.6 Å². The summed E-state index contributed by atoms with van der Waals surface area (Å²) in [5.74, 6) is -0.649. The second kappa shape index (κ2) is 10.0. The van der Waals surface area contributed by atoms with Crippen molar-refractivity contribution >= 4 is 38.6 Å². The second-order valence-electron chi connectivity index (χ2n) is 8.73. The molecule has 2 N–H and O–H groups in total. The van der Waals surface area contributed by atoms with E-state index in [0.29, 0.717) is 41.9 Å². The van der Waals surface area contributed by atoms with Crippen LogP contribution >= 0.6 is 0 Å². The molecule has 1 unspecified atom stereocenters. The van der Waals surface area contributed by atoms with Crippen LogP contribution in [0.4, 0.5) is 5.69 Å². The highest BCUT2D eigenvalue weighted by Crippen LogP contribution is 2.24. The molecule has 0 spiro atoms. The Hall–Kier alpha value is -3.44. The Balaban J connectivity index is 1.62. The normalized spacial score (nSPS) is 16.4. The average molecular weight is 500 g/mol. The van der Waals surface area contributed by atoms with Gasteiger partial charge in [0.05, 0.1) is 10.4 Å². The van der Waals surface area contributed by atoms with Gasteiger partial charge < -0.3 is 14.6 Å². The molecule has 0 saturated carbocycles. The van der Waals surface area contributed by atoms with Crippen molar-refractivity contribution in [2.75, 3.05) is 26.0 Å². The van der Waals surface area contributed by atoms with Crippen molar-refractivity contribution in [1.82, 2.24) is 14.2 Å². The van der Waals surface area contributed by atoms with Gasteiger partial charge in [0.2, 0.25) is 5.91 Å². The lowest BCUT2D eigenvalue weighted by molar-refractivity contribution is -0.117. The van der Waals surface area contributed by atoms with Crippen LogP contribution in [0.25, 0.3) is 11.1 Å². The molecular formula is C24H29N5O5S. The Morgan fingerprint density at radius 1 is 1.23 bits per heavy atom. The van der Waals surface area contributed by atoms with Gasteiger partial charge in [-0.2, -0.15) is 0 Å². The minimum atomic E-state index is -3.70. The average Bonchev–Trinajstić information content (AvgIpc) is 3.27. The fourth-order valence-corrected chi connectivity index (χ4v) is 5.15. The van der Waals surface area contributed by atoms with Gasteiger partial charge in [0.1, 0.15) is 11.9 Å². The summed E-state index contributed by atoms with van der Waals surface area (Å²) in [6.07, 6.45) is 2.06. The number of oxazole rings is 1. The van der Waals surface area contributed by atoms with Gasteiger partial charge in [-0.05, 0) is 50.8 Å². The Labute approximate surface area is 203 Å². The summed E-state index contributed by atoms with van der Waals surface area (Å²) in [7, 11) is 0.130. The molecule has 1 aliphatic rings. The number of fused-ring (bicyclic) bond motifs is 2. The summed E-state index contributed by atoms with van der Waals surface area (Å²) in [6, 6.07) is 10.8. The molecule has 1 amide bonds. The third-order valence-corrected chi connectivity index (χ3v) is 7.18. The lowest BCUT2D eigenvalue weighted by atomic mass is 10.1. The molecule has 35 heavy (non-hydrogen) atoms. The highest BCUT2D eigenvalue weighted by Gasteiger charge is 2.31. The van der Waals surface area contributed by atoms with Gasteiger partial charge in [-0.15, -0.1) is 0 Å². The molecule has 10 nitrogen and oxygen atoms in total. The largest absolute Gasteiger partial charge is 0.419 e. The summed E-state index contributed by atoms with van der Waals surface area (Å²) in [5.41, 5.74) is 1.97. The minimum absolute atomic E-state index is 0.148. The maximum Gasteiger partial charge on any atom is 0.419 e. The first-order chi connectivity index (χ1) is 16.7. The lowest BCUT2D eigenvalue weighted by Gasteiger charge is -2.14. The number of likely N-dealkylation sites (N-methyl/N-ethyl adjacent to an activating group) is 1. The third kappa shape index (κ3) is 5.30. The standard InChI is InChI=1S/C24H29N5O5S/c1-4-5-9-18(26-22-17-8-6-7-10-21(17)35(32,33)27-22)23(30)25-16-11-12-20-19(15-16)29(24(31)34-20)14-13-28(2)3/h6-8,10-12,15,18H,4-5,9,13-14H2,1-3H3,(H,25,30)(H,26,27). The van der Waals surface area contributed by atoms with Gasteiger partial charge in [0.25, 0.3) is 10.0 Å². The van der Waals surface area contributed by atoms with E-state index >= 15 is 0 Å². The Bertz CT molecular complexity index is 1440. The maximum atomic E-state index is 13.2. The summed E-state index contributed by atoms with van der Waals surface area (Å²) in [5, 5.41) is 2.87. The Morgan fingerprint density at radius 3 is 2.74 bits per heavy atom. The first kappa shape index (κ1) is 24.7. The van der Waals surface area contributed by atoms with Gasteiger partial charge in [-0.25, -0.2) is 13.2 Å². The van der Waals surface area contributed by atoms with Gasteiger partial charge in [0, 0.05) is 24.3 Å². The topological polar surface area (TPSA) is 126 Å². The molecule has 0 fully saturated rings. The quantitative estimate of drug-likeness (QED) is 0.466. The molecule has 1 aliphatic heterocycles.